The number of thiazole rings is 1. The fourth-order valence-corrected chi connectivity index (χ4v) is 4.11. The number of amides is 1. The molecule has 3 heterocycles. The number of nitrogens with one attached hydrogen (secondary N) is 1. The minimum Gasteiger partial charge on any atom is -0.302 e. The highest BCUT2D eigenvalue weighted by Gasteiger charge is 2.21. The van der Waals surface area contributed by atoms with Crippen LogP contribution in [0.25, 0.3) is 0 Å². The largest absolute Gasteiger partial charge is 0.302 e. The molecule has 1 fully saturated rings. The van der Waals surface area contributed by atoms with E-state index < -0.39 is 0 Å². The second-order valence-corrected chi connectivity index (χ2v) is 7.60. The highest BCUT2D eigenvalue weighted by atomic mass is 32.1. The van der Waals surface area contributed by atoms with Crippen LogP contribution in [0.3, 0.4) is 0 Å². The van der Waals surface area contributed by atoms with Crippen molar-refractivity contribution in [1.82, 2.24) is 19.7 Å². The summed E-state index contributed by atoms with van der Waals surface area (Å²) in [4.78, 5) is 19.0. The van der Waals surface area contributed by atoms with E-state index in [1.54, 1.807) is 11.3 Å². The molecule has 1 saturated heterocycles. The van der Waals surface area contributed by atoms with E-state index in [2.05, 4.69) is 38.1 Å². The Morgan fingerprint density at radius 2 is 2.33 bits per heavy atom. The van der Waals surface area contributed by atoms with E-state index in [-0.39, 0.29) is 5.91 Å². The van der Waals surface area contributed by atoms with Gasteiger partial charge in [0.2, 0.25) is 5.91 Å². The minimum absolute atomic E-state index is 0.0698. The molecule has 3 rings (SSSR count). The summed E-state index contributed by atoms with van der Waals surface area (Å²) in [6, 6.07) is 0. The Morgan fingerprint density at radius 3 is 3.08 bits per heavy atom. The van der Waals surface area contributed by atoms with Crippen LogP contribution in [0.4, 0.5) is 5.13 Å². The number of carbonyl (C=O) groups is 1. The van der Waals surface area contributed by atoms with E-state index in [1.807, 2.05) is 12.4 Å². The van der Waals surface area contributed by atoms with Crippen molar-refractivity contribution in [2.24, 2.45) is 5.92 Å². The van der Waals surface area contributed by atoms with Crippen LogP contribution in [0.2, 0.25) is 0 Å². The molecule has 1 atom stereocenters. The van der Waals surface area contributed by atoms with Crippen molar-refractivity contribution in [3.63, 3.8) is 0 Å². The number of hydrogen-bond acceptors (Lipinski definition) is 5. The molecule has 7 heteroatoms. The first kappa shape index (κ1) is 17.1. The average Bonchev–Trinajstić information content (AvgIpc) is 3.16. The second kappa shape index (κ2) is 7.90. The summed E-state index contributed by atoms with van der Waals surface area (Å²) in [5.41, 5.74) is 1.30. The van der Waals surface area contributed by atoms with E-state index >= 15 is 0 Å². The van der Waals surface area contributed by atoms with Crippen molar-refractivity contribution in [2.75, 3.05) is 18.4 Å². The zero-order valence-corrected chi connectivity index (χ0v) is 15.2. The molecular weight excluding hydrogens is 322 g/mol. The third-order valence-corrected chi connectivity index (χ3v) is 5.26. The van der Waals surface area contributed by atoms with Crippen molar-refractivity contribution < 1.29 is 4.79 Å². The van der Waals surface area contributed by atoms with Crippen LogP contribution >= 0.6 is 11.3 Å². The summed E-state index contributed by atoms with van der Waals surface area (Å²) in [5, 5.41) is 7.91. The zero-order chi connectivity index (χ0) is 16.9. The van der Waals surface area contributed by atoms with Gasteiger partial charge in [0, 0.05) is 43.8 Å². The van der Waals surface area contributed by atoms with Crippen LogP contribution in [0.1, 0.15) is 37.1 Å². The molecule has 0 radical (unpaired) electrons. The summed E-state index contributed by atoms with van der Waals surface area (Å²) in [6.45, 7) is 7.80. The lowest BCUT2D eigenvalue weighted by Gasteiger charge is -2.32. The molecule has 0 bridgehead atoms. The average molecular weight is 347 g/mol. The fourth-order valence-electron chi connectivity index (χ4n) is 3.21. The lowest BCUT2D eigenvalue weighted by Crippen LogP contribution is -2.36. The van der Waals surface area contributed by atoms with E-state index in [9.17, 15) is 4.79 Å². The van der Waals surface area contributed by atoms with E-state index in [0.717, 1.165) is 32.6 Å². The van der Waals surface area contributed by atoms with Crippen LogP contribution in [0.15, 0.2) is 18.6 Å². The maximum atomic E-state index is 11.1. The van der Waals surface area contributed by atoms with Gasteiger partial charge >= 0.3 is 0 Å². The second-order valence-electron chi connectivity index (χ2n) is 6.48. The standard InChI is InChI=1S/C17H25N5OS/c1-3-14-7-19-22(10-14)11-15-5-4-6-21(9-15)12-16-8-18-17(24-16)20-13(2)23/h7-8,10,15H,3-6,9,11-12H2,1-2H3,(H,18,20,23). The summed E-state index contributed by atoms with van der Waals surface area (Å²) in [5.74, 6) is 0.575. The number of nitrogens with zero attached hydrogens (tertiary/aromatic N) is 4. The minimum atomic E-state index is -0.0698. The van der Waals surface area contributed by atoms with Gasteiger partial charge in [0.05, 0.1) is 6.20 Å². The summed E-state index contributed by atoms with van der Waals surface area (Å²) >= 11 is 1.56. The zero-order valence-electron chi connectivity index (χ0n) is 14.4. The summed E-state index contributed by atoms with van der Waals surface area (Å²) in [7, 11) is 0. The third-order valence-electron chi connectivity index (χ3n) is 4.36. The van der Waals surface area contributed by atoms with Crippen LogP contribution in [0.5, 0.6) is 0 Å². The third kappa shape index (κ3) is 4.64. The van der Waals surface area contributed by atoms with Crippen molar-refractivity contribution in [1.29, 1.82) is 0 Å². The van der Waals surface area contributed by atoms with Crippen molar-refractivity contribution in [3.8, 4) is 0 Å². The molecule has 0 spiro atoms. The summed E-state index contributed by atoms with van der Waals surface area (Å²) < 4.78 is 2.09. The van der Waals surface area contributed by atoms with Crippen molar-refractivity contribution in [2.45, 2.75) is 46.2 Å². The number of aromatic nitrogens is 3. The van der Waals surface area contributed by atoms with Gasteiger partial charge in [-0.25, -0.2) is 4.98 Å². The van der Waals surface area contributed by atoms with Crippen LogP contribution in [-0.2, 0) is 24.3 Å². The Morgan fingerprint density at radius 1 is 1.46 bits per heavy atom. The van der Waals surface area contributed by atoms with Gasteiger partial charge in [0.1, 0.15) is 0 Å². The normalized spacial score (nSPS) is 18.7. The van der Waals surface area contributed by atoms with Crippen LogP contribution in [0, 0.1) is 5.92 Å². The molecular formula is C17H25N5OS. The highest BCUT2D eigenvalue weighted by molar-refractivity contribution is 7.15. The van der Waals surface area contributed by atoms with Crippen molar-refractivity contribution in [3.05, 3.63) is 29.0 Å². The maximum Gasteiger partial charge on any atom is 0.223 e. The molecule has 1 unspecified atom stereocenters. The molecule has 1 aliphatic rings. The van der Waals surface area contributed by atoms with E-state index in [4.69, 9.17) is 0 Å². The number of likely N-dealkylation sites (tertiary alicyclic amines) is 1. The fraction of sp³-hybridized carbons (Fsp3) is 0.588. The molecule has 2 aromatic heterocycles. The predicted octanol–water partition coefficient (Wildman–Crippen LogP) is 2.77. The smallest absolute Gasteiger partial charge is 0.223 e. The van der Waals surface area contributed by atoms with Gasteiger partial charge in [-0.15, -0.1) is 11.3 Å². The quantitative estimate of drug-likeness (QED) is 0.873. The van der Waals surface area contributed by atoms with Gasteiger partial charge in [-0.2, -0.15) is 5.10 Å². The molecule has 130 valence electrons. The van der Waals surface area contributed by atoms with Gasteiger partial charge < -0.3 is 5.32 Å². The number of aryl methyl sites for hydroxylation is 1. The number of piperidine rings is 1. The lowest BCUT2D eigenvalue weighted by molar-refractivity contribution is -0.114. The van der Waals surface area contributed by atoms with E-state index in [0.29, 0.717) is 11.0 Å². The first-order valence-corrected chi connectivity index (χ1v) is 9.40. The number of rotatable bonds is 6. The molecule has 1 aliphatic heterocycles. The van der Waals surface area contributed by atoms with Crippen molar-refractivity contribution >= 4 is 22.4 Å². The van der Waals surface area contributed by atoms with Gasteiger partial charge in [-0.05, 0) is 37.3 Å². The molecule has 1 amide bonds. The Kier molecular flexibility index (Phi) is 5.63. The monoisotopic (exact) mass is 347 g/mol. The lowest BCUT2D eigenvalue weighted by atomic mass is 9.98. The summed E-state index contributed by atoms with van der Waals surface area (Å²) in [6.07, 6.45) is 9.55. The molecule has 0 aliphatic carbocycles. The molecule has 0 aromatic carbocycles. The van der Waals surface area contributed by atoms with E-state index in [1.165, 1.54) is 30.2 Å². The SMILES string of the molecule is CCc1cnn(CC2CCCN(Cc3cnc(NC(C)=O)s3)C2)c1. The molecule has 2 aromatic rings. The van der Waals surface area contributed by atoms with Crippen LogP contribution < -0.4 is 5.32 Å². The topological polar surface area (TPSA) is 63.1 Å². The first-order valence-electron chi connectivity index (χ1n) is 8.58. The molecule has 1 N–H and O–H groups in total. The number of hydrogen-bond donors (Lipinski definition) is 1. The van der Waals surface area contributed by atoms with Crippen LogP contribution in [-0.4, -0.2) is 38.7 Å². The molecule has 6 nitrogen and oxygen atoms in total. The van der Waals surface area contributed by atoms with Gasteiger partial charge in [0.15, 0.2) is 5.13 Å². The number of anilines is 1. The first-order chi connectivity index (χ1) is 11.6. The maximum absolute atomic E-state index is 11.1. The molecule has 0 saturated carbocycles. The predicted molar refractivity (Wildman–Crippen MR) is 96.0 cm³/mol. The number of carbonyl (C=O) groups excluding carboxylic acids is 1. The Hall–Kier alpha value is -1.73. The Labute approximate surface area is 146 Å². The van der Waals surface area contributed by atoms with Gasteiger partial charge in [-0.1, -0.05) is 6.92 Å². The van der Waals surface area contributed by atoms with Gasteiger partial charge in [-0.3, -0.25) is 14.4 Å². The Bertz CT molecular complexity index is 680. The Balaban J connectivity index is 1.53. The highest BCUT2D eigenvalue weighted by Crippen LogP contribution is 2.24. The molecule has 24 heavy (non-hydrogen) atoms. The van der Waals surface area contributed by atoms with Gasteiger partial charge in [0.25, 0.3) is 0 Å².